The summed E-state index contributed by atoms with van der Waals surface area (Å²) in [6.45, 7) is 2.40. The largest absolute Gasteiger partial charge is 0.301 e. The first kappa shape index (κ1) is 16.1. The number of piperidine rings is 1. The van der Waals surface area contributed by atoms with Crippen molar-refractivity contribution < 1.29 is 9.18 Å². The molecule has 1 N–H and O–H groups in total. The van der Waals surface area contributed by atoms with E-state index in [0.29, 0.717) is 23.7 Å². The van der Waals surface area contributed by atoms with Gasteiger partial charge in [-0.2, -0.15) is 0 Å². The number of likely N-dealkylation sites (tertiary alicyclic amines) is 1. The second kappa shape index (κ2) is 7.66. The Hall–Kier alpha value is -1.79. The molecule has 0 aliphatic carbocycles. The first-order valence-electron chi connectivity index (χ1n) is 7.91. The van der Waals surface area contributed by atoms with Crippen LogP contribution in [-0.2, 0) is 11.2 Å². The van der Waals surface area contributed by atoms with Crippen LogP contribution >= 0.6 is 11.3 Å². The van der Waals surface area contributed by atoms with E-state index < -0.39 is 0 Å². The van der Waals surface area contributed by atoms with E-state index in [1.54, 1.807) is 18.3 Å². The lowest BCUT2D eigenvalue weighted by Gasteiger charge is -2.25. The molecule has 1 aromatic carbocycles. The predicted molar refractivity (Wildman–Crippen MR) is 90.2 cm³/mol. The lowest BCUT2D eigenvalue weighted by atomic mass is 10.1. The first-order chi connectivity index (χ1) is 11.2. The maximum absolute atomic E-state index is 13.7. The van der Waals surface area contributed by atoms with Crippen LogP contribution in [0.3, 0.4) is 0 Å². The van der Waals surface area contributed by atoms with Crippen molar-refractivity contribution >= 4 is 22.4 Å². The van der Waals surface area contributed by atoms with Gasteiger partial charge in [0.1, 0.15) is 5.82 Å². The molecule has 0 saturated carbocycles. The molecule has 6 heteroatoms. The van der Waals surface area contributed by atoms with Gasteiger partial charge in [0.05, 0.1) is 6.54 Å². The van der Waals surface area contributed by atoms with Gasteiger partial charge in [0.25, 0.3) is 0 Å². The number of halogens is 1. The maximum atomic E-state index is 13.7. The fourth-order valence-electron chi connectivity index (χ4n) is 2.76. The number of aromatic nitrogens is 1. The molecule has 23 heavy (non-hydrogen) atoms. The van der Waals surface area contributed by atoms with Crippen LogP contribution in [0.2, 0.25) is 0 Å². The highest BCUT2D eigenvalue weighted by Gasteiger charge is 2.15. The van der Waals surface area contributed by atoms with Gasteiger partial charge in [-0.1, -0.05) is 24.6 Å². The molecule has 4 nitrogen and oxygen atoms in total. The first-order valence-corrected chi connectivity index (χ1v) is 8.73. The third kappa shape index (κ3) is 4.59. The quantitative estimate of drug-likeness (QED) is 0.913. The molecular formula is C17H20FN3OS. The van der Waals surface area contributed by atoms with Crippen molar-refractivity contribution in [2.24, 2.45) is 0 Å². The van der Waals surface area contributed by atoms with Crippen molar-refractivity contribution in [2.45, 2.75) is 25.7 Å². The van der Waals surface area contributed by atoms with Crippen LogP contribution in [0.5, 0.6) is 0 Å². The molecule has 0 bridgehead atoms. The van der Waals surface area contributed by atoms with Gasteiger partial charge < -0.3 is 5.32 Å². The summed E-state index contributed by atoms with van der Waals surface area (Å²) >= 11 is 1.40. The Labute approximate surface area is 139 Å². The molecule has 0 radical (unpaired) electrons. The molecular weight excluding hydrogens is 313 g/mol. The van der Waals surface area contributed by atoms with Crippen molar-refractivity contribution in [1.82, 2.24) is 9.88 Å². The van der Waals surface area contributed by atoms with E-state index >= 15 is 0 Å². The van der Waals surface area contributed by atoms with Gasteiger partial charge in [-0.3, -0.25) is 9.69 Å². The third-order valence-corrected chi connectivity index (χ3v) is 4.85. The smallest absolute Gasteiger partial charge is 0.240 e. The Morgan fingerprint density at radius 2 is 2.04 bits per heavy atom. The number of nitrogens with zero attached hydrogens (tertiary/aromatic N) is 2. The zero-order chi connectivity index (χ0) is 16.1. The summed E-state index contributed by atoms with van der Waals surface area (Å²) in [5.74, 6) is -0.240. The fourth-order valence-corrected chi connectivity index (χ4v) is 3.61. The van der Waals surface area contributed by atoms with E-state index in [0.717, 1.165) is 30.8 Å². The average Bonchev–Trinajstić information content (AvgIpc) is 2.97. The summed E-state index contributed by atoms with van der Waals surface area (Å²) in [7, 11) is 0. The van der Waals surface area contributed by atoms with Gasteiger partial charge in [0.15, 0.2) is 5.13 Å². The number of anilines is 1. The van der Waals surface area contributed by atoms with Gasteiger partial charge in [0, 0.05) is 17.5 Å². The second-order valence-electron chi connectivity index (χ2n) is 5.78. The van der Waals surface area contributed by atoms with Crippen molar-refractivity contribution in [1.29, 1.82) is 0 Å². The second-order valence-corrected chi connectivity index (χ2v) is 6.90. The summed E-state index contributed by atoms with van der Waals surface area (Å²) in [6.07, 6.45) is 5.78. The number of hydrogen-bond donors (Lipinski definition) is 1. The van der Waals surface area contributed by atoms with Crippen LogP contribution in [-0.4, -0.2) is 35.4 Å². The zero-order valence-corrected chi connectivity index (χ0v) is 13.7. The number of thiazole rings is 1. The average molecular weight is 333 g/mol. The molecule has 0 unspecified atom stereocenters. The Bertz CT molecular complexity index is 667. The molecule has 1 saturated heterocycles. The van der Waals surface area contributed by atoms with Gasteiger partial charge in [-0.15, -0.1) is 11.3 Å². The lowest BCUT2D eigenvalue weighted by Crippen LogP contribution is -2.36. The molecule has 1 fully saturated rings. The predicted octanol–water partition coefficient (Wildman–Crippen LogP) is 3.30. The number of carbonyl (C=O) groups excluding carboxylic acids is 1. The molecule has 0 spiro atoms. The van der Waals surface area contributed by atoms with Crippen LogP contribution in [0.4, 0.5) is 9.52 Å². The minimum Gasteiger partial charge on any atom is -0.301 e. The number of nitrogens with one attached hydrogen (secondary N) is 1. The van der Waals surface area contributed by atoms with E-state index in [2.05, 4.69) is 15.2 Å². The molecule has 122 valence electrons. The zero-order valence-electron chi connectivity index (χ0n) is 12.9. The number of hydrogen-bond acceptors (Lipinski definition) is 4. The SMILES string of the molecule is O=C(CN1CCCCC1)Nc1ncc(Cc2ccccc2F)s1. The standard InChI is InChI=1S/C17H20FN3OS/c18-15-7-3-2-6-13(15)10-14-11-19-17(23-14)20-16(22)12-21-8-4-1-5-9-21/h2-3,6-7,11H,1,4-5,8-10,12H2,(H,19,20,22). The van der Waals surface area contributed by atoms with Crippen molar-refractivity contribution in [3.8, 4) is 0 Å². The van der Waals surface area contributed by atoms with Gasteiger partial charge in [0.2, 0.25) is 5.91 Å². The number of amides is 1. The highest BCUT2D eigenvalue weighted by molar-refractivity contribution is 7.15. The Balaban J connectivity index is 1.54. The Morgan fingerprint density at radius 1 is 1.26 bits per heavy atom. The topological polar surface area (TPSA) is 45.2 Å². The van der Waals surface area contributed by atoms with Crippen molar-refractivity contribution in [3.05, 3.63) is 46.7 Å². The molecule has 2 heterocycles. The molecule has 0 atom stereocenters. The van der Waals surface area contributed by atoms with Gasteiger partial charge in [-0.05, 0) is 37.6 Å². The summed E-state index contributed by atoms with van der Waals surface area (Å²) in [4.78, 5) is 19.4. The number of rotatable bonds is 5. The summed E-state index contributed by atoms with van der Waals surface area (Å²) < 4.78 is 13.7. The highest BCUT2D eigenvalue weighted by atomic mass is 32.1. The minimum atomic E-state index is -0.211. The molecule has 1 aromatic heterocycles. The summed E-state index contributed by atoms with van der Waals surface area (Å²) in [5.41, 5.74) is 0.641. The van der Waals surface area contributed by atoms with E-state index in [9.17, 15) is 9.18 Å². The number of carbonyl (C=O) groups is 1. The van der Waals surface area contributed by atoms with Crippen LogP contribution in [0.1, 0.15) is 29.7 Å². The Morgan fingerprint density at radius 3 is 2.83 bits per heavy atom. The summed E-state index contributed by atoms with van der Waals surface area (Å²) in [5, 5.41) is 3.42. The minimum absolute atomic E-state index is 0.0290. The van der Waals surface area contributed by atoms with E-state index in [-0.39, 0.29) is 11.7 Å². The Kier molecular flexibility index (Phi) is 5.35. The molecule has 1 aliphatic rings. The van der Waals surface area contributed by atoms with Gasteiger partial charge >= 0.3 is 0 Å². The molecule has 3 rings (SSSR count). The van der Waals surface area contributed by atoms with Crippen LogP contribution < -0.4 is 5.32 Å². The normalized spacial score (nSPS) is 15.5. The van der Waals surface area contributed by atoms with Gasteiger partial charge in [-0.25, -0.2) is 9.37 Å². The monoisotopic (exact) mass is 333 g/mol. The maximum Gasteiger partial charge on any atom is 0.240 e. The third-order valence-electron chi connectivity index (χ3n) is 3.94. The number of benzene rings is 1. The van der Waals surface area contributed by atoms with Crippen LogP contribution in [0.25, 0.3) is 0 Å². The van der Waals surface area contributed by atoms with E-state index in [1.807, 2.05) is 6.07 Å². The van der Waals surface area contributed by atoms with Crippen LogP contribution in [0, 0.1) is 5.82 Å². The molecule has 2 aromatic rings. The van der Waals surface area contributed by atoms with Crippen LogP contribution in [0.15, 0.2) is 30.5 Å². The van der Waals surface area contributed by atoms with E-state index in [1.165, 1.54) is 23.8 Å². The molecule has 1 aliphatic heterocycles. The summed E-state index contributed by atoms with van der Waals surface area (Å²) in [6, 6.07) is 6.72. The van der Waals surface area contributed by atoms with Crippen molar-refractivity contribution in [3.63, 3.8) is 0 Å². The molecule has 1 amide bonds. The van der Waals surface area contributed by atoms with Crippen molar-refractivity contribution in [2.75, 3.05) is 25.0 Å². The fraction of sp³-hybridized carbons (Fsp3) is 0.412. The van der Waals surface area contributed by atoms with E-state index in [4.69, 9.17) is 0 Å². The highest BCUT2D eigenvalue weighted by Crippen LogP contribution is 2.22. The lowest BCUT2D eigenvalue weighted by molar-refractivity contribution is -0.117.